The van der Waals surface area contributed by atoms with Crippen molar-refractivity contribution in [2.75, 3.05) is 33.2 Å². The Bertz CT molecular complexity index is 1720. The van der Waals surface area contributed by atoms with E-state index < -0.39 is 68.4 Å². The second-order valence-corrected chi connectivity index (χ2v) is 12.1. The molecule has 0 radical (unpaired) electrons. The fourth-order valence-electron chi connectivity index (χ4n) is 4.59. The van der Waals surface area contributed by atoms with E-state index in [0.29, 0.717) is 27.0 Å². The summed E-state index contributed by atoms with van der Waals surface area (Å²) in [6.45, 7) is 1.85. The number of benzene rings is 1. The van der Waals surface area contributed by atoms with E-state index in [4.69, 9.17) is 27.9 Å². The maximum atomic E-state index is 15.0. The van der Waals surface area contributed by atoms with E-state index in [1.807, 2.05) is 0 Å². The maximum Gasteiger partial charge on any atom is 0.413 e. The van der Waals surface area contributed by atoms with Gasteiger partial charge in [0, 0.05) is 24.7 Å². The average molecular weight is 690 g/mol. The molecule has 0 bridgehead atoms. The minimum absolute atomic E-state index is 0.252. The first-order valence-electron chi connectivity index (χ1n) is 14.0. The molecule has 2 aromatic heterocycles. The monoisotopic (exact) mass is 689 g/mol. The maximum absolute atomic E-state index is 15.0. The molecule has 47 heavy (non-hydrogen) atoms. The van der Waals surface area contributed by atoms with Crippen molar-refractivity contribution in [1.29, 1.82) is 0 Å². The normalized spacial score (nSPS) is 20.9. The van der Waals surface area contributed by atoms with Crippen molar-refractivity contribution in [3.8, 4) is 11.5 Å². The zero-order chi connectivity index (χ0) is 34.7. The largest absolute Gasteiger partial charge is 0.497 e. The van der Waals surface area contributed by atoms with Crippen molar-refractivity contribution in [1.82, 2.24) is 20.0 Å². The lowest BCUT2D eigenvalue weighted by Gasteiger charge is -2.24. The number of anilines is 1. The van der Waals surface area contributed by atoms with Crippen LogP contribution in [0.5, 0.6) is 11.5 Å². The van der Waals surface area contributed by atoms with Crippen LogP contribution in [0, 0.1) is 5.92 Å². The third-order valence-electron chi connectivity index (χ3n) is 7.01. The van der Waals surface area contributed by atoms with Gasteiger partial charge in [0.25, 0.3) is 0 Å². The molecule has 0 saturated carbocycles. The van der Waals surface area contributed by atoms with Crippen molar-refractivity contribution < 1.29 is 60.8 Å². The first-order chi connectivity index (χ1) is 22.1. The Balaban J connectivity index is 1.38. The van der Waals surface area contributed by atoms with Gasteiger partial charge in [-0.1, -0.05) is 13.8 Å². The number of nitrogens with zero attached hydrogens (tertiary/aromatic N) is 2. The predicted octanol–water partition coefficient (Wildman–Crippen LogP) is 2.13. The highest BCUT2D eigenvalue weighted by Gasteiger charge is 2.60. The SMILES string of the molecule is CNC(=O)C(NP(=O)(O)OCC1OC(n2ccc(NC(=O)OCc3cc4cc(OC)cc(OC)c4o3)nc2=O)C(F)(F)[C@@H]1O)C(C)C. The summed E-state index contributed by atoms with van der Waals surface area (Å²) in [7, 11) is -0.496. The number of aromatic nitrogens is 2. The molecule has 4 rings (SSSR count). The van der Waals surface area contributed by atoms with Crippen molar-refractivity contribution >= 4 is 36.5 Å². The predicted molar refractivity (Wildman–Crippen MR) is 158 cm³/mol. The summed E-state index contributed by atoms with van der Waals surface area (Å²) in [5.74, 6) is -4.34. The number of likely N-dealkylation sites (N-methyl/N-ethyl adjacent to an activating group) is 1. The number of aliphatic hydroxyl groups is 1. The van der Waals surface area contributed by atoms with E-state index >= 15 is 8.78 Å². The van der Waals surface area contributed by atoms with Gasteiger partial charge in [-0.3, -0.25) is 19.2 Å². The molecular formula is C27H34F2N5O12P. The van der Waals surface area contributed by atoms with Crippen LogP contribution in [0.3, 0.4) is 0 Å². The van der Waals surface area contributed by atoms with Crippen LogP contribution in [0.4, 0.5) is 19.4 Å². The number of aliphatic hydroxyl groups excluding tert-OH is 1. The van der Waals surface area contributed by atoms with Crippen molar-refractivity contribution in [2.45, 2.75) is 50.9 Å². The molecule has 1 aliphatic heterocycles. The third kappa shape index (κ3) is 8.06. The number of nitrogens with one attached hydrogen (secondary N) is 3. The van der Waals surface area contributed by atoms with Crippen LogP contribution < -0.4 is 30.9 Å². The number of rotatable bonds is 13. The summed E-state index contributed by atoms with van der Waals surface area (Å²) in [5, 5.41) is 17.5. The zero-order valence-electron chi connectivity index (χ0n) is 25.8. The van der Waals surface area contributed by atoms with E-state index in [1.54, 1.807) is 32.0 Å². The number of halogens is 2. The van der Waals surface area contributed by atoms with Gasteiger partial charge >= 0.3 is 25.5 Å². The highest BCUT2D eigenvalue weighted by molar-refractivity contribution is 7.50. The van der Waals surface area contributed by atoms with Crippen molar-refractivity contribution in [3.63, 3.8) is 0 Å². The number of fused-ring (bicyclic) bond motifs is 1. The number of hydrogen-bond donors (Lipinski definition) is 5. The Kier molecular flexibility index (Phi) is 10.9. The lowest BCUT2D eigenvalue weighted by molar-refractivity contribution is -0.140. The standard InChI is InChI=1S/C27H34F2N5O12P/c1-13(2)20(23(36)30-3)33-47(39,40)44-12-18-22(35)27(28,29)24(46-18)34-7-6-19(31-25(34)37)32-26(38)43-11-16-9-14-8-15(41-4)10-17(42-5)21(14)45-16/h6-10,13,18,20,22,24,35H,11-12H2,1-5H3,(H,30,36)(H2,33,39,40)(H,31,32,37,38)/t18?,20?,22-,24?/m1/s1. The van der Waals surface area contributed by atoms with Crippen LogP contribution in [0.25, 0.3) is 11.0 Å². The molecule has 3 aromatic rings. The number of amides is 2. The quantitative estimate of drug-likeness (QED) is 0.162. The highest BCUT2D eigenvalue weighted by Crippen LogP contribution is 2.45. The molecule has 3 heterocycles. The Morgan fingerprint density at radius 1 is 1.21 bits per heavy atom. The molecule has 2 amide bonds. The van der Waals surface area contributed by atoms with E-state index in [1.165, 1.54) is 21.3 Å². The summed E-state index contributed by atoms with van der Waals surface area (Å²) in [5.41, 5.74) is -0.898. The fourth-order valence-corrected chi connectivity index (χ4v) is 5.78. The minimum atomic E-state index is -4.75. The zero-order valence-corrected chi connectivity index (χ0v) is 26.7. The van der Waals surface area contributed by atoms with Crippen LogP contribution >= 0.6 is 7.75 Å². The van der Waals surface area contributed by atoms with E-state index in [9.17, 15) is 28.9 Å². The smallest absolute Gasteiger partial charge is 0.413 e. The number of furan rings is 1. The van der Waals surface area contributed by atoms with E-state index in [0.717, 1.165) is 12.3 Å². The van der Waals surface area contributed by atoms with Crippen molar-refractivity contribution in [3.05, 3.63) is 46.7 Å². The molecule has 5 atom stereocenters. The second kappa shape index (κ2) is 14.3. The van der Waals surface area contributed by atoms with Crippen LogP contribution in [0.1, 0.15) is 25.8 Å². The lowest BCUT2D eigenvalue weighted by atomic mass is 10.1. The van der Waals surface area contributed by atoms with Gasteiger partial charge in [-0.05, 0) is 24.1 Å². The van der Waals surface area contributed by atoms with Gasteiger partial charge < -0.3 is 38.7 Å². The molecule has 1 aliphatic rings. The van der Waals surface area contributed by atoms with Gasteiger partial charge in [0.05, 0.1) is 26.9 Å². The fraction of sp³-hybridized carbons (Fsp3) is 0.481. The Hall–Kier alpha value is -4.13. The molecule has 1 fully saturated rings. The van der Waals surface area contributed by atoms with Gasteiger partial charge in [-0.2, -0.15) is 13.8 Å². The Morgan fingerprint density at radius 2 is 1.94 bits per heavy atom. The van der Waals surface area contributed by atoms with Gasteiger partial charge in [0.2, 0.25) is 12.1 Å². The molecule has 258 valence electrons. The first kappa shape index (κ1) is 35.7. The molecular weight excluding hydrogens is 655 g/mol. The molecule has 17 nitrogen and oxygen atoms in total. The van der Waals surface area contributed by atoms with Crippen LogP contribution in [0.15, 0.2) is 39.7 Å². The van der Waals surface area contributed by atoms with Gasteiger partial charge in [-0.25, -0.2) is 19.2 Å². The van der Waals surface area contributed by atoms with Crippen molar-refractivity contribution in [2.24, 2.45) is 5.92 Å². The number of methoxy groups -OCH3 is 2. The molecule has 1 saturated heterocycles. The summed E-state index contributed by atoms with van der Waals surface area (Å²) in [6, 6.07) is 4.75. The number of ether oxygens (including phenoxy) is 4. The number of hydrogen-bond acceptors (Lipinski definition) is 12. The average Bonchev–Trinajstić information content (AvgIpc) is 3.54. The van der Waals surface area contributed by atoms with Crippen LogP contribution in [-0.2, 0) is 30.0 Å². The number of carbonyl (C=O) groups excluding carboxylic acids is 2. The molecule has 20 heteroatoms. The van der Waals surface area contributed by atoms with E-state index in [-0.39, 0.29) is 18.2 Å². The summed E-state index contributed by atoms with van der Waals surface area (Å²) >= 11 is 0. The molecule has 4 unspecified atom stereocenters. The second-order valence-electron chi connectivity index (χ2n) is 10.6. The van der Waals surface area contributed by atoms with Gasteiger partial charge in [-0.15, -0.1) is 0 Å². The molecule has 0 aliphatic carbocycles. The minimum Gasteiger partial charge on any atom is -0.497 e. The molecule has 1 aromatic carbocycles. The first-order valence-corrected chi connectivity index (χ1v) is 15.5. The van der Waals surface area contributed by atoms with Gasteiger partial charge in [0.15, 0.2) is 24.0 Å². The van der Waals surface area contributed by atoms with E-state index in [2.05, 4.69) is 20.7 Å². The number of carbonyl (C=O) groups is 2. The number of alkyl halides is 2. The topological polar surface area (TPSA) is 222 Å². The highest BCUT2D eigenvalue weighted by atomic mass is 31.2. The van der Waals surface area contributed by atoms with Gasteiger partial charge in [0.1, 0.15) is 23.4 Å². The molecule has 0 spiro atoms. The summed E-state index contributed by atoms with van der Waals surface area (Å²) in [4.78, 5) is 50.7. The Morgan fingerprint density at radius 3 is 2.55 bits per heavy atom. The lowest BCUT2D eigenvalue weighted by Crippen LogP contribution is -2.45. The Labute approximate surface area is 265 Å². The van der Waals surface area contributed by atoms with Crippen LogP contribution in [0.2, 0.25) is 0 Å². The third-order valence-corrected chi connectivity index (χ3v) is 8.12. The van der Waals surface area contributed by atoms with Crippen LogP contribution in [-0.4, -0.2) is 83.6 Å². The summed E-state index contributed by atoms with van der Waals surface area (Å²) < 4.78 is 74.2. The summed E-state index contributed by atoms with van der Waals surface area (Å²) in [6.07, 6.45) is -7.03. The molecule has 5 N–H and O–H groups in total.